The molecule has 0 saturated heterocycles. The van der Waals surface area contributed by atoms with Crippen molar-refractivity contribution in [2.75, 3.05) is 14.2 Å². The van der Waals surface area contributed by atoms with Crippen LogP contribution in [0.1, 0.15) is 5.56 Å². The van der Waals surface area contributed by atoms with Gasteiger partial charge in [0.2, 0.25) is 0 Å². The van der Waals surface area contributed by atoms with Crippen LogP contribution in [0.4, 0.5) is 0 Å². The smallest absolute Gasteiger partial charge is 0.133 e. The maximum absolute atomic E-state index is 5.22. The molecule has 2 aromatic rings. The molecule has 0 unspecified atom stereocenters. The largest absolute Gasteiger partial charge is 0.496 e. The lowest BCUT2D eigenvalue weighted by Gasteiger charge is -2.06. The number of aliphatic imine (C=N–C) groups is 1. The minimum absolute atomic E-state index is 0.841. The van der Waals surface area contributed by atoms with Crippen LogP contribution in [-0.4, -0.2) is 20.4 Å². The molecular formula is C15H14BrNO. The van der Waals surface area contributed by atoms with Crippen LogP contribution in [0.15, 0.2) is 51.9 Å². The molecule has 0 aliphatic heterocycles. The highest BCUT2D eigenvalue weighted by atomic mass is 79.9. The lowest BCUT2D eigenvalue weighted by atomic mass is 10.0. The molecule has 0 fully saturated rings. The minimum atomic E-state index is 0.841. The van der Waals surface area contributed by atoms with E-state index in [2.05, 4.69) is 51.3 Å². The number of methoxy groups -OCH3 is 1. The molecule has 0 bridgehead atoms. The molecule has 0 aliphatic carbocycles. The van der Waals surface area contributed by atoms with Crippen molar-refractivity contribution in [1.82, 2.24) is 0 Å². The number of halogens is 1. The molecule has 0 radical (unpaired) electrons. The molecule has 0 aliphatic rings. The summed E-state index contributed by atoms with van der Waals surface area (Å²) in [4.78, 5) is 4.00. The first kappa shape index (κ1) is 12.8. The standard InChI is InChI=1S/C15H14BrNO/c1-17-10-11-3-5-12(6-4-11)13-7-8-15(18-2)14(16)9-13/h3-10H,1-2H3/b17-10+. The quantitative estimate of drug-likeness (QED) is 0.780. The van der Waals surface area contributed by atoms with E-state index in [0.29, 0.717) is 0 Å². The average molecular weight is 304 g/mol. The Bertz CT molecular complexity index is 561. The van der Waals surface area contributed by atoms with Crippen LogP contribution >= 0.6 is 15.9 Å². The van der Waals surface area contributed by atoms with E-state index in [4.69, 9.17) is 4.74 Å². The zero-order chi connectivity index (χ0) is 13.0. The third-order valence-electron chi connectivity index (χ3n) is 2.67. The van der Waals surface area contributed by atoms with Crippen molar-refractivity contribution >= 4 is 22.1 Å². The van der Waals surface area contributed by atoms with E-state index in [1.807, 2.05) is 18.3 Å². The van der Waals surface area contributed by atoms with Crippen LogP contribution in [-0.2, 0) is 0 Å². The molecule has 3 heteroatoms. The average Bonchev–Trinajstić information content (AvgIpc) is 2.40. The molecule has 0 spiro atoms. The van der Waals surface area contributed by atoms with E-state index < -0.39 is 0 Å². The van der Waals surface area contributed by atoms with E-state index in [9.17, 15) is 0 Å². The highest BCUT2D eigenvalue weighted by Gasteiger charge is 2.03. The van der Waals surface area contributed by atoms with E-state index in [0.717, 1.165) is 21.3 Å². The Kier molecular flexibility index (Phi) is 4.15. The number of hydrogen-bond donors (Lipinski definition) is 0. The Morgan fingerprint density at radius 1 is 1.06 bits per heavy atom. The topological polar surface area (TPSA) is 21.6 Å². The van der Waals surface area contributed by atoms with Crippen molar-refractivity contribution in [3.63, 3.8) is 0 Å². The molecule has 0 N–H and O–H groups in total. The van der Waals surface area contributed by atoms with Gasteiger partial charge in [0, 0.05) is 13.3 Å². The van der Waals surface area contributed by atoms with Crippen LogP contribution in [0.3, 0.4) is 0 Å². The summed E-state index contributed by atoms with van der Waals surface area (Å²) in [6, 6.07) is 14.4. The molecule has 92 valence electrons. The predicted octanol–water partition coefficient (Wildman–Crippen LogP) is 4.17. The lowest BCUT2D eigenvalue weighted by molar-refractivity contribution is 0.412. The lowest BCUT2D eigenvalue weighted by Crippen LogP contribution is -1.86. The zero-order valence-corrected chi connectivity index (χ0v) is 11.9. The molecule has 2 rings (SSSR count). The predicted molar refractivity (Wildman–Crippen MR) is 79.6 cm³/mol. The Morgan fingerprint density at radius 3 is 2.28 bits per heavy atom. The molecule has 2 nitrogen and oxygen atoms in total. The van der Waals surface area contributed by atoms with Gasteiger partial charge in [0.25, 0.3) is 0 Å². The Hall–Kier alpha value is -1.61. The van der Waals surface area contributed by atoms with Crippen LogP contribution in [0.25, 0.3) is 11.1 Å². The second-order valence-electron chi connectivity index (χ2n) is 3.86. The molecule has 18 heavy (non-hydrogen) atoms. The second-order valence-corrected chi connectivity index (χ2v) is 4.71. The van der Waals surface area contributed by atoms with Crippen molar-refractivity contribution < 1.29 is 4.74 Å². The summed E-state index contributed by atoms with van der Waals surface area (Å²) >= 11 is 3.50. The van der Waals surface area contributed by atoms with Gasteiger partial charge in [-0.2, -0.15) is 0 Å². The number of ether oxygens (including phenoxy) is 1. The third kappa shape index (κ3) is 2.79. The van der Waals surface area contributed by atoms with Gasteiger partial charge in [-0.25, -0.2) is 0 Å². The van der Waals surface area contributed by atoms with Crippen LogP contribution in [0, 0.1) is 0 Å². The summed E-state index contributed by atoms with van der Waals surface area (Å²) in [5.74, 6) is 0.841. The van der Waals surface area contributed by atoms with Crippen molar-refractivity contribution in [1.29, 1.82) is 0 Å². The van der Waals surface area contributed by atoms with Gasteiger partial charge in [-0.1, -0.05) is 30.3 Å². The third-order valence-corrected chi connectivity index (χ3v) is 3.29. The van der Waals surface area contributed by atoms with E-state index in [1.54, 1.807) is 14.2 Å². The fourth-order valence-corrected chi connectivity index (χ4v) is 2.30. The van der Waals surface area contributed by atoms with Gasteiger partial charge < -0.3 is 4.74 Å². The van der Waals surface area contributed by atoms with Gasteiger partial charge in [0.15, 0.2) is 0 Å². The first-order valence-electron chi connectivity index (χ1n) is 5.60. The Balaban J connectivity index is 2.33. The molecule has 0 saturated carbocycles. The van der Waals surface area contributed by atoms with Gasteiger partial charge in [0.1, 0.15) is 5.75 Å². The van der Waals surface area contributed by atoms with Gasteiger partial charge in [0.05, 0.1) is 11.6 Å². The highest BCUT2D eigenvalue weighted by Crippen LogP contribution is 2.30. The molecular weight excluding hydrogens is 290 g/mol. The van der Waals surface area contributed by atoms with Crippen molar-refractivity contribution in [3.8, 4) is 16.9 Å². The number of hydrogen-bond acceptors (Lipinski definition) is 2. The van der Waals surface area contributed by atoms with E-state index in [1.165, 1.54) is 5.56 Å². The maximum Gasteiger partial charge on any atom is 0.133 e. The van der Waals surface area contributed by atoms with E-state index >= 15 is 0 Å². The van der Waals surface area contributed by atoms with Crippen LogP contribution < -0.4 is 4.74 Å². The number of nitrogens with zero attached hydrogens (tertiary/aromatic N) is 1. The van der Waals surface area contributed by atoms with Crippen molar-refractivity contribution in [2.24, 2.45) is 4.99 Å². The summed E-state index contributed by atoms with van der Waals surface area (Å²) in [5.41, 5.74) is 3.43. The number of benzene rings is 2. The molecule has 0 heterocycles. The fraction of sp³-hybridized carbons (Fsp3) is 0.133. The first-order chi connectivity index (χ1) is 8.74. The minimum Gasteiger partial charge on any atom is -0.496 e. The van der Waals surface area contributed by atoms with Gasteiger partial charge in [-0.3, -0.25) is 4.99 Å². The summed E-state index contributed by atoms with van der Waals surface area (Å²) < 4.78 is 6.18. The van der Waals surface area contributed by atoms with Gasteiger partial charge >= 0.3 is 0 Å². The van der Waals surface area contributed by atoms with Crippen molar-refractivity contribution in [2.45, 2.75) is 0 Å². The monoisotopic (exact) mass is 303 g/mol. The van der Waals surface area contributed by atoms with Crippen LogP contribution in [0.2, 0.25) is 0 Å². The molecule has 0 aromatic heterocycles. The molecule has 0 atom stereocenters. The molecule has 2 aromatic carbocycles. The maximum atomic E-state index is 5.22. The summed E-state index contributed by atoms with van der Waals surface area (Å²) in [6.45, 7) is 0. The van der Waals surface area contributed by atoms with Crippen LogP contribution in [0.5, 0.6) is 5.75 Å². The van der Waals surface area contributed by atoms with Gasteiger partial charge in [-0.15, -0.1) is 0 Å². The Labute approximate surface area is 115 Å². The summed E-state index contributed by atoms with van der Waals surface area (Å²) in [7, 11) is 3.44. The van der Waals surface area contributed by atoms with Gasteiger partial charge in [-0.05, 0) is 44.8 Å². The zero-order valence-electron chi connectivity index (χ0n) is 10.4. The summed E-state index contributed by atoms with van der Waals surface area (Å²) in [6.07, 6.45) is 1.84. The van der Waals surface area contributed by atoms with E-state index in [-0.39, 0.29) is 0 Å². The normalized spacial score (nSPS) is 10.8. The first-order valence-corrected chi connectivity index (χ1v) is 6.40. The van der Waals surface area contributed by atoms with Crippen molar-refractivity contribution in [3.05, 3.63) is 52.5 Å². The highest BCUT2D eigenvalue weighted by molar-refractivity contribution is 9.10. The fourth-order valence-electron chi connectivity index (χ4n) is 1.76. The summed E-state index contributed by atoms with van der Waals surface area (Å²) in [5, 5.41) is 0. The Morgan fingerprint density at radius 2 is 1.72 bits per heavy atom. The number of rotatable bonds is 3. The molecule has 0 amide bonds. The SMILES string of the molecule is C/N=C/c1ccc(-c2ccc(OC)c(Br)c2)cc1. The second kappa shape index (κ2) is 5.83.